The molecule has 114 valence electrons. The zero-order chi connectivity index (χ0) is 15.4. The third-order valence-electron chi connectivity index (χ3n) is 3.73. The van der Waals surface area contributed by atoms with E-state index in [2.05, 4.69) is 4.90 Å². The molecule has 1 fully saturated rings. The highest BCUT2D eigenvalue weighted by Gasteiger charge is 2.18. The van der Waals surface area contributed by atoms with Gasteiger partial charge in [-0.3, -0.25) is 0 Å². The van der Waals surface area contributed by atoms with Gasteiger partial charge in [0.2, 0.25) is 0 Å². The molecule has 2 aromatic rings. The minimum absolute atomic E-state index is 0.271. The summed E-state index contributed by atoms with van der Waals surface area (Å²) in [6.45, 7) is 2.97. The summed E-state index contributed by atoms with van der Waals surface area (Å²) in [6.07, 6.45) is 2.03. The number of benzene rings is 2. The lowest BCUT2D eigenvalue weighted by atomic mass is 10.1. The molecule has 1 saturated heterocycles. The molecule has 3 nitrogen and oxygen atoms in total. The Morgan fingerprint density at radius 2 is 1.73 bits per heavy atom. The fraction of sp³-hybridized carbons (Fsp3) is 0.222. The number of morpholine rings is 1. The van der Waals surface area contributed by atoms with Crippen LogP contribution in [0.15, 0.2) is 48.5 Å². The molecule has 1 N–H and O–H groups in total. The summed E-state index contributed by atoms with van der Waals surface area (Å²) < 4.78 is 5.43. The molecular weight excluding hydrogens is 298 g/mol. The summed E-state index contributed by atoms with van der Waals surface area (Å²) in [5.41, 5.74) is 2.72. The van der Waals surface area contributed by atoms with Gasteiger partial charge < -0.3 is 14.7 Å². The van der Waals surface area contributed by atoms with Crippen molar-refractivity contribution < 1.29 is 9.84 Å². The second-order valence-corrected chi connectivity index (χ2v) is 5.57. The zero-order valence-corrected chi connectivity index (χ0v) is 13.0. The van der Waals surface area contributed by atoms with Gasteiger partial charge in [-0.1, -0.05) is 41.9 Å². The maximum Gasteiger partial charge on any atom is 0.124 e. The molecule has 0 saturated carbocycles. The molecule has 2 aromatic carbocycles. The molecule has 3 rings (SSSR count). The lowest BCUT2D eigenvalue weighted by Gasteiger charge is -2.31. The van der Waals surface area contributed by atoms with Crippen LogP contribution in [0.2, 0.25) is 5.02 Å². The quantitative estimate of drug-likeness (QED) is 0.873. The molecular formula is C18H18ClNO2. The van der Waals surface area contributed by atoms with E-state index in [1.165, 1.54) is 0 Å². The van der Waals surface area contributed by atoms with Crippen molar-refractivity contribution in [1.82, 2.24) is 4.90 Å². The van der Waals surface area contributed by atoms with Gasteiger partial charge in [-0.05, 0) is 29.8 Å². The summed E-state index contributed by atoms with van der Waals surface area (Å²) in [5, 5.41) is 10.9. The van der Waals surface area contributed by atoms with E-state index in [1.54, 1.807) is 6.07 Å². The van der Waals surface area contributed by atoms with Crippen molar-refractivity contribution in [3.63, 3.8) is 0 Å². The fourth-order valence-corrected chi connectivity index (χ4v) is 2.76. The van der Waals surface area contributed by atoms with Gasteiger partial charge in [0.05, 0.1) is 13.2 Å². The first-order valence-electron chi connectivity index (χ1n) is 7.33. The SMILES string of the molecule is Oc1ccccc1C(=Cc1ccccc1Cl)N1CCOCC1. The number of aromatic hydroxyl groups is 1. The number of halogens is 1. The Balaban J connectivity index is 2.07. The van der Waals surface area contributed by atoms with Crippen LogP contribution in [0.5, 0.6) is 5.75 Å². The van der Waals surface area contributed by atoms with E-state index in [9.17, 15) is 5.11 Å². The zero-order valence-electron chi connectivity index (χ0n) is 12.2. The number of phenols is 1. The third-order valence-corrected chi connectivity index (χ3v) is 4.07. The molecule has 0 aliphatic carbocycles. The van der Waals surface area contributed by atoms with Gasteiger partial charge in [-0.15, -0.1) is 0 Å². The Hall–Kier alpha value is -1.97. The average molecular weight is 316 g/mol. The largest absolute Gasteiger partial charge is 0.507 e. The highest BCUT2D eigenvalue weighted by molar-refractivity contribution is 6.32. The van der Waals surface area contributed by atoms with E-state index in [4.69, 9.17) is 16.3 Å². The van der Waals surface area contributed by atoms with Crippen LogP contribution in [0.25, 0.3) is 11.8 Å². The van der Waals surface area contributed by atoms with Crippen LogP contribution in [-0.4, -0.2) is 36.3 Å². The summed E-state index contributed by atoms with van der Waals surface area (Å²) in [6, 6.07) is 15.1. The van der Waals surface area contributed by atoms with Crippen molar-refractivity contribution >= 4 is 23.4 Å². The normalized spacial score (nSPS) is 15.9. The predicted molar refractivity (Wildman–Crippen MR) is 89.8 cm³/mol. The molecule has 0 bridgehead atoms. The molecule has 4 heteroatoms. The van der Waals surface area contributed by atoms with Crippen LogP contribution in [-0.2, 0) is 4.74 Å². The fourth-order valence-electron chi connectivity index (χ4n) is 2.57. The molecule has 1 heterocycles. The maximum absolute atomic E-state index is 10.2. The predicted octanol–water partition coefficient (Wildman–Crippen LogP) is 3.88. The lowest BCUT2D eigenvalue weighted by molar-refractivity contribution is 0.0641. The molecule has 22 heavy (non-hydrogen) atoms. The Morgan fingerprint density at radius 3 is 2.45 bits per heavy atom. The van der Waals surface area contributed by atoms with E-state index in [0.717, 1.165) is 29.9 Å². The van der Waals surface area contributed by atoms with Crippen LogP contribution < -0.4 is 0 Å². The number of hydrogen-bond donors (Lipinski definition) is 1. The van der Waals surface area contributed by atoms with E-state index in [-0.39, 0.29) is 5.75 Å². The highest BCUT2D eigenvalue weighted by atomic mass is 35.5. The smallest absolute Gasteiger partial charge is 0.124 e. The van der Waals surface area contributed by atoms with Crippen molar-refractivity contribution in [2.24, 2.45) is 0 Å². The highest BCUT2D eigenvalue weighted by Crippen LogP contribution is 2.31. The van der Waals surface area contributed by atoms with Gasteiger partial charge in [-0.25, -0.2) is 0 Å². The number of rotatable bonds is 3. The van der Waals surface area contributed by atoms with Crippen molar-refractivity contribution in [3.05, 3.63) is 64.7 Å². The molecule has 0 spiro atoms. The number of ether oxygens (including phenoxy) is 1. The van der Waals surface area contributed by atoms with Gasteiger partial charge in [-0.2, -0.15) is 0 Å². The Labute approximate surface area is 135 Å². The first kappa shape index (κ1) is 14.9. The molecule has 0 radical (unpaired) electrons. The van der Waals surface area contributed by atoms with Gasteiger partial charge in [0.1, 0.15) is 5.75 Å². The second kappa shape index (κ2) is 6.86. The van der Waals surface area contributed by atoms with Gasteiger partial charge >= 0.3 is 0 Å². The van der Waals surface area contributed by atoms with Crippen LogP contribution in [0.4, 0.5) is 0 Å². The van der Waals surface area contributed by atoms with E-state index in [1.807, 2.05) is 48.5 Å². The Bertz CT molecular complexity index is 678. The summed E-state index contributed by atoms with van der Waals surface area (Å²) in [4.78, 5) is 2.22. The third kappa shape index (κ3) is 3.26. The van der Waals surface area contributed by atoms with Crippen LogP contribution in [0, 0.1) is 0 Å². The van der Waals surface area contributed by atoms with Gasteiger partial charge in [0.15, 0.2) is 0 Å². The molecule has 0 atom stereocenters. The van der Waals surface area contributed by atoms with Gasteiger partial charge in [0, 0.05) is 29.4 Å². The minimum Gasteiger partial charge on any atom is -0.507 e. The number of nitrogens with zero attached hydrogens (tertiary/aromatic N) is 1. The summed E-state index contributed by atoms with van der Waals surface area (Å²) in [7, 11) is 0. The number of phenolic OH excluding ortho intramolecular Hbond substituents is 1. The van der Waals surface area contributed by atoms with Gasteiger partial charge in [0.25, 0.3) is 0 Å². The van der Waals surface area contributed by atoms with E-state index < -0.39 is 0 Å². The maximum atomic E-state index is 10.2. The number of hydrogen-bond acceptors (Lipinski definition) is 3. The first-order valence-corrected chi connectivity index (χ1v) is 7.71. The van der Waals surface area contributed by atoms with Crippen LogP contribution in [0.1, 0.15) is 11.1 Å². The van der Waals surface area contributed by atoms with Crippen molar-refractivity contribution in [2.45, 2.75) is 0 Å². The Kier molecular flexibility index (Phi) is 4.66. The summed E-state index contributed by atoms with van der Waals surface area (Å²) in [5.74, 6) is 0.271. The first-order chi connectivity index (χ1) is 10.8. The standard InChI is InChI=1S/C18H18ClNO2/c19-16-7-3-1-5-14(16)13-17(20-9-11-22-12-10-20)15-6-2-4-8-18(15)21/h1-8,13,21H,9-12H2. The molecule has 0 amide bonds. The monoisotopic (exact) mass is 315 g/mol. The van der Waals surface area contributed by atoms with Crippen molar-refractivity contribution in [1.29, 1.82) is 0 Å². The van der Waals surface area contributed by atoms with Crippen molar-refractivity contribution in [3.8, 4) is 5.75 Å². The molecule has 0 aromatic heterocycles. The average Bonchev–Trinajstić information content (AvgIpc) is 2.56. The summed E-state index contributed by atoms with van der Waals surface area (Å²) >= 11 is 6.28. The topological polar surface area (TPSA) is 32.7 Å². The number of para-hydroxylation sites is 1. The van der Waals surface area contributed by atoms with E-state index in [0.29, 0.717) is 18.2 Å². The second-order valence-electron chi connectivity index (χ2n) is 5.17. The Morgan fingerprint density at radius 1 is 1.05 bits per heavy atom. The molecule has 1 aliphatic heterocycles. The van der Waals surface area contributed by atoms with E-state index >= 15 is 0 Å². The van der Waals surface area contributed by atoms with Crippen LogP contribution in [0.3, 0.4) is 0 Å². The molecule has 1 aliphatic rings. The minimum atomic E-state index is 0.271. The lowest BCUT2D eigenvalue weighted by Crippen LogP contribution is -2.34. The molecule has 0 unspecified atom stereocenters. The van der Waals surface area contributed by atoms with Crippen LogP contribution >= 0.6 is 11.6 Å². The van der Waals surface area contributed by atoms with Crippen molar-refractivity contribution in [2.75, 3.05) is 26.3 Å².